The van der Waals surface area contributed by atoms with Crippen LogP contribution in [0.5, 0.6) is 0 Å². The average Bonchev–Trinajstić information content (AvgIpc) is 2.42. The van der Waals surface area contributed by atoms with E-state index in [0.29, 0.717) is 11.3 Å². The number of benzene rings is 1. The van der Waals surface area contributed by atoms with Crippen LogP contribution in [0.2, 0.25) is 0 Å². The number of hydrogen-bond acceptors (Lipinski definition) is 2. The Morgan fingerprint density at radius 2 is 2.21 bits per heavy atom. The summed E-state index contributed by atoms with van der Waals surface area (Å²) in [5.41, 5.74) is 1.89. The molecule has 1 amide bonds. The van der Waals surface area contributed by atoms with Crippen LogP contribution in [0.4, 0.5) is 0 Å². The number of thioether (sulfide) groups is 1. The van der Waals surface area contributed by atoms with Gasteiger partial charge in [0, 0.05) is 21.3 Å². The number of nitrogens with one attached hydrogen (secondary N) is 1. The molecule has 0 aliphatic heterocycles. The highest BCUT2D eigenvalue weighted by molar-refractivity contribution is 9.10. The van der Waals surface area contributed by atoms with E-state index in [1.54, 1.807) is 0 Å². The Labute approximate surface area is 127 Å². The lowest BCUT2D eigenvalue weighted by molar-refractivity contribution is 0.0928. The van der Waals surface area contributed by atoms with Crippen molar-refractivity contribution in [3.63, 3.8) is 0 Å². The molecule has 1 N–H and O–H groups in total. The number of aryl methyl sites for hydroxylation is 1. The van der Waals surface area contributed by atoms with Gasteiger partial charge in [-0.15, -0.1) is 0 Å². The molecule has 4 heteroatoms. The van der Waals surface area contributed by atoms with Crippen molar-refractivity contribution in [1.29, 1.82) is 0 Å². The Morgan fingerprint density at radius 1 is 1.42 bits per heavy atom. The first kappa shape index (κ1) is 14.9. The van der Waals surface area contributed by atoms with Crippen LogP contribution >= 0.6 is 27.7 Å². The minimum atomic E-state index is 0.0486. The fraction of sp³-hybridized carbons (Fsp3) is 0.533. The predicted molar refractivity (Wildman–Crippen MR) is 85.9 cm³/mol. The summed E-state index contributed by atoms with van der Waals surface area (Å²) in [7, 11) is 0. The summed E-state index contributed by atoms with van der Waals surface area (Å²) >= 11 is 5.39. The van der Waals surface area contributed by atoms with Crippen molar-refractivity contribution in [2.75, 3.05) is 6.26 Å². The highest BCUT2D eigenvalue weighted by Gasteiger charge is 2.23. The summed E-state index contributed by atoms with van der Waals surface area (Å²) in [6.07, 6.45) is 6.86. The van der Waals surface area contributed by atoms with Crippen molar-refractivity contribution < 1.29 is 4.79 Å². The first-order valence-corrected chi connectivity index (χ1v) is 8.78. The lowest BCUT2D eigenvalue weighted by Crippen LogP contribution is -2.39. The van der Waals surface area contributed by atoms with Gasteiger partial charge in [-0.05, 0) is 50.1 Å². The highest BCUT2D eigenvalue weighted by Crippen LogP contribution is 2.27. The first-order valence-electron chi connectivity index (χ1n) is 6.70. The Morgan fingerprint density at radius 3 is 2.89 bits per heavy atom. The summed E-state index contributed by atoms with van der Waals surface area (Å²) in [6, 6.07) is 6.10. The van der Waals surface area contributed by atoms with Crippen molar-refractivity contribution in [3.8, 4) is 0 Å². The molecule has 104 valence electrons. The van der Waals surface area contributed by atoms with Crippen molar-refractivity contribution in [3.05, 3.63) is 33.8 Å². The largest absolute Gasteiger partial charge is 0.349 e. The van der Waals surface area contributed by atoms with Gasteiger partial charge < -0.3 is 5.32 Å². The molecule has 2 rings (SSSR count). The summed E-state index contributed by atoms with van der Waals surface area (Å²) in [5, 5.41) is 3.87. The van der Waals surface area contributed by atoms with Crippen LogP contribution in [-0.4, -0.2) is 23.5 Å². The van der Waals surface area contributed by atoms with Crippen LogP contribution < -0.4 is 5.32 Å². The van der Waals surface area contributed by atoms with E-state index in [-0.39, 0.29) is 5.91 Å². The number of carbonyl (C=O) groups excluding carboxylic acids is 1. The monoisotopic (exact) mass is 341 g/mol. The molecule has 1 aromatic carbocycles. The van der Waals surface area contributed by atoms with Crippen LogP contribution in [0.1, 0.15) is 41.6 Å². The van der Waals surface area contributed by atoms with Gasteiger partial charge in [-0.1, -0.05) is 28.4 Å². The molecule has 1 saturated carbocycles. The molecular weight excluding hydrogens is 322 g/mol. The fourth-order valence-corrected chi connectivity index (χ4v) is 3.70. The second-order valence-corrected chi connectivity index (χ2v) is 7.15. The smallest absolute Gasteiger partial charge is 0.251 e. The van der Waals surface area contributed by atoms with Gasteiger partial charge in [-0.25, -0.2) is 0 Å². The molecule has 0 aromatic heterocycles. The number of carbonyl (C=O) groups is 1. The van der Waals surface area contributed by atoms with Crippen LogP contribution in [0.15, 0.2) is 22.7 Å². The number of rotatable bonds is 3. The van der Waals surface area contributed by atoms with Gasteiger partial charge in [0.25, 0.3) is 5.91 Å². The third kappa shape index (κ3) is 3.99. The van der Waals surface area contributed by atoms with E-state index in [1.165, 1.54) is 12.8 Å². The molecule has 0 spiro atoms. The molecule has 2 unspecified atom stereocenters. The maximum Gasteiger partial charge on any atom is 0.251 e. The van der Waals surface area contributed by atoms with Crippen molar-refractivity contribution in [2.24, 2.45) is 0 Å². The van der Waals surface area contributed by atoms with E-state index < -0.39 is 0 Å². The minimum Gasteiger partial charge on any atom is -0.349 e. The summed E-state index contributed by atoms with van der Waals surface area (Å²) in [6.45, 7) is 2.02. The third-order valence-corrected chi connectivity index (χ3v) is 5.68. The molecule has 0 saturated heterocycles. The summed E-state index contributed by atoms with van der Waals surface area (Å²) in [4.78, 5) is 12.2. The van der Waals surface area contributed by atoms with E-state index in [0.717, 1.165) is 28.4 Å². The van der Waals surface area contributed by atoms with Gasteiger partial charge in [0.1, 0.15) is 0 Å². The minimum absolute atomic E-state index is 0.0486. The molecule has 2 nitrogen and oxygen atoms in total. The maximum absolute atomic E-state index is 12.2. The second-order valence-electron chi connectivity index (χ2n) is 5.16. The molecule has 1 aliphatic rings. The maximum atomic E-state index is 12.2. The summed E-state index contributed by atoms with van der Waals surface area (Å²) in [5.74, 6) is 0.0486. The number of hydrogen-bond donors (Lipinski definition) is 1. The molecule has 1 aliphatic carbocycles. The number of halogens is 1. The zero-order valence-electron chi connectivity index (χ0n) is 11.4. The Bertz CT molecular complexity index is 463. The summed E-state index contributed by atoms with van der Waals surface area (Å²) < 4.78 is 0.991. The van der Waals surface area contributed by atoms with E-state index >= 15 is 0 Å². The van der Waals surface area contributed by atoms with Crippen LogP contribution in [0, 0.1) is 6.92 Å². The SMILES string of the molecule is CSC1CCCC(NC(=O)c2ccc(C)c(Br)c2)C1. The zero-order valence-corrected chi connectivity index (χ0v) is 13.8. The normalized spacial score (nSPS) is 23.1. The lowest BCUT2D eigenvalue weighted by Gasteiger charge is -2.28. The van der Waals surface area contributed by atoms with Crippen LogP contribution in [0.3, 0.4) is 0 Å². The Hall–Kier alpha value is -0.480. The van der Waals surface area contributed by atoms with Gasteiger partial charge in [0.05, 0.1) is 0 Å². The van der Waals surface area contributed by atoms with E-state index in [4.69, 9.17) is 0 Å². The molecule has 0 radical (unpaired) electrons. The topological polar surface area (TPSA) is 29.1 Å². The molecule has 0 bridgehead atoms. The standard InChI is InChI=1S/C15H20BrNOS/c1-10-6-7-11(8-14(10)16)15(18)17-12-4-3-5-13(9-12)19-2/h6-8,12-13H,3-5,9H2,1-2H3,(H,17,18). The third-order valence-electron chi connectivity index (χ3n) is 3.73. The van der Waals surface area contributed by atoms with Gasteiger partial charge >= 0.3 is 0 Å². The first-order chi connectivity index (χ1) is 9.10. The quantitative estimate of drug-likeness (QED) is 0.894. The van der Waals surface area contributed by atoms with Crippen LogP contribution in [0.25, 0.3) is 0 Å². The van der Waals surface area contributed by atoms with E-state index in [1.807, 2.05) is 36.9 Å². The van der Waals surface area contributed by atoms with E-state index in [9.17, 15) is 4.79 Å². The fourth-order valence-electron chi connectivity index (χ4n) is 2.49. The molecular formula is C15H20BrNOS. The Kier molecular flexibility index (Phi) is 5.34. The van der Waals surface area contributed by atoms with Gasteiger partial charge in [-0.2, -0.15) is 11.8 Å². The van der Waals surface area contributed by atoms with Crippen molar-refractivity contribution in [1.82, 2.24) is 5.32 Å². The second kappa shape index (κ2) is 6.80. The highest BCUT2D eigenvalue weighted by atomic mass is 79.9. The van der Waals surface area contributed by atoms with Crippen molar-refractivity contribution >= 4 is 33.6 Å². The molecule has 1 fully saturated rings. The zero-order chi connectivity index (χ0) is 13.8. The Balaban J connectivity index is 1.98. The van der Waals surface area contributed by atoms with E-state index in [2.05, 4.69) is 27.5 Å². The van der Waals surface area contributed by atoms with Crippen molar-refractivity contribution in [2.45, 2.75) is 43.9 Å². The van der Waals surface area contributed by atoms with Gasteiger partial charge in [-0.3, -0.25) is 4.79 Å². The molecule has 2 atom stereocenters. The average molecular weight is 342 g/mol. The molecule has 0 heterocycles. The van der Waals surface area contributed by atoms with Gasteiger partial charge in [0.2, 0.25) is 0 Å². The lowest BCUT2D eigenvalue weighted by atomic mass is 9.94. The van der Waals surface area contributed by atoms with Crippen LogP contribution in [-0.2, 0) is 0 Å². The molecule has 1 aromatic rings. The predicted octanol–water partition coefficient (Wildman–Crippen LogP) is 4.16. The number of amides is 1. The molecule has 19 heavy (non-hydrogen) atoms. The van der Waals surface area contributed by atoms with Gasteiger partial charge in [0.15, 0.2) is 0 Å².